The molecule has 2 aromatic rings. The number of anilines is 1. The zero-order valence-corrected chi connectivity index (χ0v) is 18.3. The van der Waals surface area contributed by atoms with Crippen LogP contribution in [0.4, 0.5) is 5.69 Å². The van der Waals surface area contributed by atoms with Gasteiger partial charge in [-0.05, 0) is 38.0 Å². The van der Waals surface area contributed by atoms with Crippen molar-refractivity contribution in [3.63, 3.8) is 0 Å². The summed E-state index contributed by atoms with van der Waals surface area (Å²) in [5.74, 6) is 5.62. The van der Waals surface area contributed by atoms with Crippen LogP contribution in [0.5, 0.6) is 5.75 Å². The van der Waals surface area contributed by atoms with Gasteiger partial charge in [-0.3, -0.25) is 14.3 Å². The van der Waals surface area contributed by atoms with Crippen LogP contribution < -0.4 is 15.0 Å². The molecule has 1 unspecified atom stereocenters. The highest BCUT2D eigenvalue weighted by atomic mass is 16.5. The van der Waals surface area contributed by atoms with Crippen LogP contribution in [0.25, 0.3) is 0 Å². The molecule has 31 heavy (non-hydrogen) atoms. The minimum Gasteiger partial charge on any atom is -0.489 e. The number of hydrogen-bond donors (Lipinski definition) is 2. The van der Waals surface area contributed by atoms with E-state index in [4.69, 9.17) is 4.74 Å². The molecule has 2 N–H and O–H groups in total. The van der Waals surface area contributed by atoms with Crippen molar-refractivity contribution in [2.75, 3.05) is 18.6 Å². The molecule has 1 aliphatic heterocycles. The van der Waals surface area contributed by atoms with Gasteiger partial charge in [0.25, 0.3) is 11.8 Å². The molecule has 1 aliphatic rings. The fraction of sp³-hybridized carbons (Fsp3) is 0.455. The molecule has 2 heterocycles. The SMILES string of the molecule is CC(C)Cn1cnc(C(=O)NC2COc3ccc(C#CC(C)(C)O)cc3N(C)C2=O)n1. The summed E-state index contributed by atoms with van der Waals surface area (Å²) in [7, 11) is 1.61. The molecule has 164 valence electrons. The van der Waals surface area contributed by atoms with Gasteiger partial charge in [0.2, 0.25) is 5.82 Å². The lowest BCUT2D eigenvalue weighted by atomic mass is 10.1. The Kier molecular flexibility index (Phi) is 6.32. The molecule has 0 bridgehead atoms. The maximum Gasteiger partial charge on any atom is 0.291 e. The van der Waals surface area contributed by atoms with Crippen molar-refractivity contribution in [2.45, 2.75) is 45.9 Å². The summed E-state index contributed by atoms with van der Waals surface area (Å²) in [6.45, 7) is 7.88. The molecule has 1 aromatic heterocycles. The fourth-order valence-corrected chi connectivity index (χ4v) is 2.99. The second kappa shape index (κ2) is 8.78. The first-order valence-corrected chi connectivity index (χ1v) is 10.0. The van der Waals surface area contributed by atoms with Crippen LogP contribution in [0.3, 0.4) is 0 Å². The summed E-state index contributed by atoms with van der Waals surface area (Å²) in [4.78, 5) is 31.0. The van der Waals surface area contributed by atoms with Crippen LogP contribution in [0.1, 0.15) is 43.9 Å². The Balaban J connectivity index is 1.75. The molecular formula is C22H27N5O4. The van der Waals surface area contributed by atoms with Crippen molar-refractivity contribution in [1.29, 1.82) is 0 Å². The van der Waals surface area contributed by atoms with E-state index in [1.807, 2.05) is 13.8 Å². The van der Waals surface area contributed by atoms with Gasteiger partial charge < -0.3 is 20.1 Å². The van der Waals surface area contributed by atoms with E-state index >= 15 is 0 Å². The van der Waals surface area contributed by atoms with Gasteiger partial charge in [0.1, 0.15) is 30.3 Å². The third-order valence-corrected chi connectivity index (χ3v) is 4.46. The number of carbonyl (C=O) groups excluding carboxylic acids is 2. The largest absolute Gasteiger partial charge is 0.489 e. The molecule has 0 radical (unpaired) electrons. The van der Waals surface area contributed by atoms with Crippen LogP contribution in [0, 0.1) is 17.8 Å². The van der Waals surface area contributed by atoms with Gasteiger partial charge in [0, 0.05) is 19.2 Å². The number of aliphatic hydroxyl groups is 1. The van der Waals surface area contributed by atoms with E-state index in [2.05, 4.69) is 27.2 Å². The number of nitrogens with zero attached hydrogens (tertiary/aromatic N) is 4. The van der Waals surface area contributed by atoms with Gasteiger partial charge in [-0.2, -0.15) is 0 Å². The van der Waals surface area contributed by atoms with Crippen molar-refractivity contribution in [2.24, 2.45) is 5.92 Å². The maximum absolute atomic E-state index is 13.0. The second-order valence-electron chi connectivity index (χ2n) is 8.41. The number of fused-ring (bicyclic) bond motifs is 1. The van der Waals surface area contributed by atoms with Crippen LogP contribution in [0.2, 0.25) is 0 Å². The topological polar surface area (TPSA) is 110 Å². The highest BCUT2D eigenvalue weighted by molar-refractivity contribution is 6.02. The molecule has 9 nitrogen and oxygen atoms in total. The minimum atomic E-state index is -1.13. The zero-order valence-electron chi connectivity index (χ0n) is 18.3. The van der Waals surface area contributed by atoms with E-state index < -0.39 is 17.6 Å². The monoisotopic (exact) mass is 425 g/mol. The number of benzene rings is 1. The normalized spacial score (nSPS) is 16.2. The molecular weight excluding hydrogens is 398 g/mol. The lowest BCUT2D eigenvalue weighted by molar-refractivity contribution is -0.120. The van der Waals surface area contributed by atoms with Crippen LogP contribution >= 0.6 is 0 Å². The van der Waals surface area contributed by atoms with Crippen molar-refractivity contribution >= 4 is 17.5 Å². The van der Waals surface area contributed by atoms with Gasteiger partial charge in [-0.1, -0.05) is 25.7 Å². The summed E-state index contributed by atoms with van der Waals surface area (Å²) < 4.78 is 7.38. The van der Waals surface area contributed by atoms with Gasteiger partial charge >= 0.3 is 0 Å². The average molecular weight is 425 g/mol. The Hall–Kier alpha value is -3.38. The summed E-state index contributed by atoms with van der Waals surface area (Å²) in [5.41, 5.74) is 0.0338. The number of likely N-dealkylation sites (N-methyl/N-ethyl adjacent to an activating group) is 1. The lowest BCUT2D eigenvalue weighted by Crippen LogP contribution is -2.49. The highest BCUT2D eigenvalue weighted by Crippen LogP contribution is 2.31. The number of ether oxygens (including phenoxy) is 1. The molecule has 0 fully saturated rings. The van der Waals surface area contributed by atoms with Crippen LogP contribution in [-0.2, 0) is 11.3 Å². The standard InChI is InChI=1S/C22H27N5O4/c1-14(2)11-27-13-23-19(25-27)20(28)24-16-12-31-18-7-6-15(8-9-22(3,4)30)10-17(18)26(5)21(16)29/h6-7,10,13-14,16,30H,11-12H2,1-5H3,(H,24,28). The average Bonchev–Trinajstić information content (AvgIpc) is 3.11. The number of aromatic nitrogens is 3. The molecule has 0 saturated heterocycles. The zero-order chi connectivity index (χ0) is 22.8. The Labute approximate surface area is 181 Å². The molecule has 0 spiro atoms. The molecule has 0 aliphatic carbocycles. The van der Waals surface area contributed by atoms with Gasteiger partial charge in [-0.25, -0.2) is 4.98 Å². The van der Waals surface area contributed by atoms with Crippen molar-refractivity contribution in [3.05, 3.63) is 35.9 Å². The Morgan fingerprint density at radius 2 is 2.16 bits per heavy atom. The number of hydrogen-bond acceptors (Lipinski definition) is 6. The summed E-state index contributed by atoms with van der Waals surface area (Å²) in [6.07, 6.45) is 1.50. The van der Waals surface area contributed by atoms with E-state index in [0.29, 0.717) is 29.5 Å². The van der Waals surface area contributed by atoms with Gasteiger partial charge in [0.05, 0.1) is 5.69 Å². The number of rotatable bonds is 4. The molecule has 3 rings (SSSR count). The first kappa shape index (κ1) is 22.3. The third kappa shape index (κ3) is 5.61. The lowest BCUT2D eigenvalue weighted by Gasteiger charge is -2.20. The van der Waals surface area contributed by atoms with Gasteiger partial charge in [-0.15, -0.1) is 5.10 Å². The quantitative estimate of drug-likeness (QED) is 0.713. The van der Waals surface area contributed by atoms with Gasteiger partial charge in [0.15, 0.2) is 0 Å². The van der Waals surface area contributed by atoms with E-state index in [0.717, 1.165) is 0 Å². The summed E-state index contributed by atoms with van der Waals surface area (Å²) >= 11 is 0. The summed E-state index contributed by atoms with van der Waals surface area (Å²) in [6, 6.07) is 4.28. The van der Waals surface area contributed by atoms with E-state index in [9.17, 15) is 14.7 Å². The number of amides is 2. The van der Waals surface area contributed by atoms with Crippen LogP contribution in [-0.4, -0.2) is 57.0 Å². The van der Waals surface area contributed by atoms with Crippen molar-refractivity contribution in [3.8, 4) is 17.6 Å². The highest BCUT2D eigenvalue weighted by Gasteiger charge is 2.31. The van der Waals surface area contributed by atoms with E-state index in [1.54, 1.807) is 43.8 Å². The second-order valence-corrected chi connectivity index (χ2v) is 8.41. The molecule has 0 saturated carbocycles. The maximum atomic E-state index is 13.0. The fourth-order valence-electron chi connectivity index (χ4n) is 2.99. The third-order valence-electron chi connectivity index (χ3n) is 4.46. The predicted octanol–water partition coefficient (Wildman–Crippen LogP) is 1.21. The number of carbonyl (C=O) groups is 2. The van der Waals surface area contributed by atoms with E-state index in [-0.39, 0.29) is 18.3 Å². The molecule has 9 heteroatoms. The molecule has 1 aromatic carbocycles. The minimum absolute atomic E-state index is 0.00189. The predicted molar refractivity (Wildman–Crippen MR) is 115 cm³/mol. The Morgan fingerprint density at radius 3 is 2.84 bits per heavy atom. The van der Waals surface area contributed by atoms with E-state index in [1.165, 1.54) is 11.2 Å². The van der Waals surface area contributed by atoms with Crippen molar-refractivity contribution in [1.82, 2.24) is 20.1 Å². The Bertz CT molecular complexity index is 1040. The first-order chi connectivity index (χ1) is 14.5. The molecule has 2 amide bonds. The van der Waals surface area contributed by atoms with Crippen LogP contribution in [0.15, 0.2) is 24.5 Å². The smallest absolute Gasteiger partial charge is 0.291 e. The van der Waals surface area contributed by atoms with Crippen molar-refractivity contribution < 1.29 is 19.4 Å². The molecule has 1 atom stereocenters. The first-order valence-electron chi connectivity index (χ1n) is 10.0. The Morgan fingerprint density at radius 1 is 1.42 bits per heavy atom. The number of nitrogens with one attached hydrogen (secondary N) is 1. The summed E-state index contributed by atoms with van der Waals surface area (Å²) in [5, 5.41) is 16.6.